The minimum absolute atomic E-state index is 0.0620. The van der Waals surface area contributed by atoms with Gasteiger partial charge in [-0.2, -0.15) is 0 Å². The maximum atomic E-state index is 13.7. The maximum Gasteiger partial charge on any atom is 0.227 e. The Balaban J connectivity index is 1.46. The largest absolute Gasteiger partial charge is 0.497 e. The molecule has 0 aromatic heterocycles. The van der Waals surface area contributed by atoms with Crippen LogP contribution in [0.1, 0.15) is 43.4 Å². The lowest BCUT2D eigenvalue weighted by atomic mass is 9.83. The van der Waals surface area contributed by atoms with E-state index in [4.69, 9.17) is 4.74 Å². The highest BCUT2D eigenvalue weighted by molar-refractivity contribution is 5.97. The van der Waals surface area contributed by atoms with Gasteiger partial charge < -0.3 is 15.0 Å². The molecule has 3 aromatic carbocycles. The first-order valence-electron chi connectivity index (χ1n) is 13.3. The van der Waals surface area contributed by atoms with Gasteiger partial charge in [-0.25, -0.2) is 4.39 Å². The molecule has 200 valence electrons. The number of halogens is 1. The van der Waals surface area contributed by atoms with Gasteiger partial charge in [0.15, 0.2) is 0 Å². The monoisotopic (exact) mass is 517 g/mol. The standard InChI is InChI=1S/C31H36FN3O3/c1-3-34(22-23-8-5-4-6-9-23)21-7-20-33-31(37)28-18-19-29(36)35(26-14-16-27(38-2)17-15-26)30(28)24-10-12-25(32)13-11-24/h4-6,8-17,28,30H,3,7,18-22H2,1-2H3,(H,33,37)/t28-,30-/m0/s1. The second-order valence-electron chi connectivity index (χ2n) is 9.60. The van der Waals surface area contributed by atoms with E-state index in [-0.39, 0.29) is 24.1 Å². The topological polar surface area (TPSA) is 61.9 Å². The highest BCUT2D eigenvalue weighted by atomic mass is 19.1. The van der Waals surface area contributed by atoms with Crippen LogP contribution in [0.15, 0.2) is 78.9 Å². The first kappa shape index (κ1) is 27.3. The minimum Gasteiger partial charge on any atom is -0.497 e. The molecule has 0 saturated carbocycles. The van der Waals surface area contributed by atoms with Gasteiger partial charge in [0.1, 0.15) is 11.6 Å². The number of amides is 2. The van der Waals surface area contributed by atoms with E-state index in [0.29, 0.717) is 24.4 Å². The zero-order valence-corrected chi connectivity index (χ0v) is 22.1. The minimum atomic E-state index is -0.532. The van der Waals surface area contributed by atoms with Crippen LogP contribution in [0.25, 0.3) is 0 Å². The summed E-state index contributed by atoms with van der Waals surface area (Å²) in [5, 5.41) is 3.11. The summed E-state index contributed by atoms with van der Waals surface area (Å²) in [7, 11) is 1.59. The molecule has 1 heterocycles. The van der Waals surface area contributed by atoms with Crippen molar-refractivity contribution >= 4 is 17.5 Å². The molecule has 3 aromatic rings. The van der Waals surface area contributed by atoms with E-state index in [9.17, 15) is 14.0 Å². The van der Waals surface area contributed by atoms with E-state index in [2.05, 4.69) is 29.3 Å². The van der Waals surface area contributed by atoms with E-state index >= 15 is 0 Å². The van der Waals surface area contributed by atoms with Gasteiger partial charge in [0.05, 0.1) is 19.1 Å². The van der Waals surface area contributed by atoms with Crippen molar-refractivity contribution < 1.29 is 18.7 Å². The van der Waals surface area contributed by atoms with E-state index < -0.39 is 12.0 Å². The Morgan fingerprint density at radius 3 is 2.42 bits per heavy atom. The lowest BCUT2D eigenvalue weighted by molar-refractivity contribution is -0.129. The third-order valence-electron chi connectivity index (χ3n) is 7.14. The number of ether oxygens (including phenoxy) is 1. The van der Waals surface area contributed by atoms with Gasteiger partial charge in [-0.1, -0.05) is 49.4 Å². The van der Waals surface area contributed by atoms with Crippen molar-refractivity contribution in [3.05, 3.63) is 95.8 Å². The number of anilines is 1. The highest BCUT2D eigenvalue weighted by Crippen LogP contribution is 2.40. The van der Waals surface area contributed by atoms with Crippen LogP contribution >= 0.6 is 0 Å². The SMILES string of the molecule is CCN(CCCNC(=O)[C@H]1CCC(=O)N(c2ccc(OC)cc2)[C@H]1c1ccc(F)cc1)Cc1ccccc1. The van der Waals surface area contributed by atoms with Crippen molar-refractivity contribution in [3.63, 3.8) is 0 Å². The zero-order valence-electron chi connectivity index (χ0n) is 22.1. The zero-order chi connectivity index (χ0) is 26.9. The third-order valence-corrected chi connectivity index (χ3v) is 7.14. The first-order chi connectivity index (χ1) is 18.5. The normalized spacial score (nSPS) is 17.5. The number of carbonyl (C=O) groups is 2. The van der Waals surface area contributed by atoms with Crippen molar-refractivity contribution in [1.29, 1.82) is 0 Å². The molecule has 4 rings (SSSR count). The van der Waals surface area contributed by atoms with Crippen LogP contribution in [-0.4, -0.2) is 43.5 Å². The lowest BCUT2D eigenvalue weighted by Gasteiger charge is -2.41. The van der Waals surface area contributed by atoms with Crippen LogP contribution in [0.2, 0.25) is 0 Å². The maximum absolute atomic E-state index is 13.7. The van der Waals surface area contributed by atoms with Crippen LogP contribution in [0, 0.1) is 11.7 Å². The molecule has 1 aliphatic rings. The van der Waals surface area contributed by atoms with Crippen molar-refractivity contribution in [1.82, 2.24) is 10.2 Å². The highest BCUT2D eigenvalue weighted by Gasteiger charge is 2.41. The van der Waals surface area contributed by atoms with Gasteiger partial charge >= 0.3 is 0 Å². The molecular formula is C31H36FN3O3. The predicted molar refractivity (Wildman–Crippen MR) is 147 cm³/mol. The van der Waals surface area contributed by atoms with E-state index in [1.807, 2.05) is 30.3 Å². The number of carbonyl (C=O) groups excluding carboxylic acids is 2. The molecule has 7 heteroatoms. The Hall–Kier alpha value is -3.71. The molecule has 1 saturated heterocycles. The molecular weight excluding hydrogens is 481 g/mol. The number of methoxy groups -OCH3 is 1. The van der Waals surface area contributed by atoms with Gasteiger partial charge in [-0.15, -0.1) is 0 Å². The quantitative estimate of drug-likeness (QED) is 0.349. The summed E-state index contributed by atoms with van der Waals surface area (Å²) in [6.45, 7) is 5.36. The summed E-state index contributed by atoms with van der Waals surface area (Å²) in [5.41, 5.74) is 2.68. The van der Waals surface area contributed by atoms with Crippen LogP contribution in [0.4, 0.5) is 10.1 Å². The molecule has 2 amide bonds. The Morgan fingerprint density at radius 2 is 1.76 bits per heavy atom. The van der Waals surface area contributed by atoms with Gasteiger partial charge in [-0.05, 0) is 66.9 Å². The molecule has 38 heavy (non-hydrogen) atoms. The first-order valence-corrected chi connectivity index (χ1v) is 13.3. The van der Waals surface area contributed by atoms with E-state index in [1.165, 1.54) is 17.7 Å². The number of rotatable bonds is 11. The summed E-state index contributed by atoms with van der Waals surface area (Å²) in [6, 6.07) is 23.1. The van der Waals surface area contributed by atoms with Crippen LogP contribution in [-0.2, 0) is 16.1 Å². The fourth-order valence-electron chi connectivity index (χ4n) is 5.09. The van der Waals surface area contributed by atoms with Crippen molar-refractivity contribution in [2.75, 3.05) is 31.6 Å². The Bertz CT molecular complexity index is 1190. The summed E-state index contributed by atoms with van der Waals surface area (Å²) in [6.07, 6.45) is 1.53. The molecule has 0 unspecified atom stereocenters. The molecule has 6 nitrogen and oxygen atoms in total. The number of hydrogen-bond acceptors (Lipinski definition) is 4. The molecule has 0 radical (unpaired) electrons. The second kappa shape index (κ2) is 13.2. The Labute approximate surface area is 224 Å². The number of hydrogen-bond donors (Lipinski definition) is 1. The number of piperidine rings is 1. The van der Waals surface area contributed by atoms with Crippen molar-refractivity contribution in [2.24, 2.45) is 5.92 Å². The molecule has 1 aliphatic heterocycles. The number of nitrogens with one attached hydrogen (secondary N) is 1. The summed E-state index contributed by atoms with van der Waals surface area (Å²) < 4.78 is 19.0. The molecule has 1 N–H and O–H groups in total. The molecule has 0 bridgehead atoms. The predicted octanol–water partition coefficient (Wildman–Crippen LogP) is 5.35. The van der Waals surface area contributed by atoms with Gasteiger partial charge in [0, 0.05) is 31.7 Å². The Kier molecular flexibility index (Phi) is 9.49. The summed E-state index contributed by atoms with van der Waals surface area (Å²) in [5.74, 6) is -0.278. The number of nitrogens with zero attached hydrogens (tertiary/aromatic N) is 2. The van der Waals surface area contributed by atoms with E-state index in [1.54, 1.807) is 36.3 Å². The molecule has 1 fully saturated rings. The van der Waals surface area contributed by atoms with Gasteiger partial charge in [0.25, 0.3) is 0 Å². The third kappa shape index (κ3) is 6.78. The molecule has 0 spiro atoms. The van der Waals surface area contributed by atoms with Crippen LogP contribution in [0.3, 0.4) is 0 Å². The molecule has 2 atom stereocenters. The average molecular weight is 518 g/mol. The van der Waals surface area contributed by atoms with Crippen LogP contribution < -0.4 is 15.0 Å². The molecule has 0 aliphatic carbocycles. The number of benzene rings is 3. The summed E-state index contributed by atoms with van der Waals surface area (Å²) >= 11 is 0. The fraction of sp³-hybridized carbons (Fsp3) is 0.355. The van der Waals surface area contributed by atoms with E-state index in [0.717, 1.165) is 31.6 Å². The van der Waals surface area contributed by atoms with Crippen molar-refractivity contribution in [2.45, 2.75) is 38.8 Å². The fourth-order valence-corrected chi connectivity index (χ4v) is 5.09. The summed E-state index contributed by atoms with van der Waals surface area (Å²) in [4.78, 5) is 30.7. The lowest BCUT2D eigenvalue weighted by Crippen LogP contribution is -2.48. The van der Waals surface area contributed by atoms with Gasteiger partial charge in [-0.3, -0.25) is 14.5 Å². The Morgan fingerprint density at radius 1 is 1.05 bits per heavy atom. The smallest absolute Gasteiger partial charge is 0.227 e. The van der Waals surface area contributed by atoms with Crippen molar-refractivity contribution in [3.8, 4) is 5.75 Å². The second-order valence-corrected chi connectivity index (χ2v) is 9.60. The van der Waals surface area contributed by atoms with Gasteiger partial charge in [0.2, 0.25) is 11.8 Å². The van der Waals surface area contributed by atoms with Crippen LogP contribution in [0.5, 0.6) is 5.75 Å². The average Bonchev–Trinajstić information content (AvgIpc) is 2.95.